The van der Waals surface area contributed by atoms with Crippen molar-refractivity contribution in [2.45, 2.75) is 33.2 Å². The molecule has 0 aromatic rings. The van der Waals surface area contributed by atoms with Crippen molar-refractivity contribution in [1.82, 2.24) is 10.0 Å². The monoisotopic (exact) mass is 294 g/mol. The number of carboxylic acid groups (broad SMARTS) is 1. The molecule has 0 aliphatic carbocycles. The van der Waals surface area contributed by atoms with E-state index in [1.807, 2.05) is 13.8 Å². The number of carbonyl (C=O) groups is 2. The highest BCUT2D eigenvalue weighted by Gasteiger charge is 2.24. The fraction of sp³-hybridized carbons (Fsp3) is 0.818. The lowest BCUT2D eigenvalue weighted by atomic mass is 10.0. The summed E-state index contributed by atoms with van der Waals surface area (Å²) in [6, 6.07) is -0.879. The minimum atomic E-state index is -3.50. The van der Waals surface area contributed by atoms with Crippen LogP contribution >= 0.6 is 0 Å². The van der Waals surface area contributed by atoms with Gasteiger partial charge in [0, 0.05) is 6.54 Å². The molecule has 3 N–H and O–H groups in total. The number of aliphatic carboxylic acids is 1. The summed E-state index contributed by atoms with van der Waals surface area (Å²) in [7, 11) is -3.50. The highest BCUT2D eigenvalue weighted by Crippen LogP contribution is 2.06. The summed E-state index contributed by atoms with van der Waals surface area (Å²) in [4.78, 5) is 22.5. The molecule has 2 unspecified atom stereocenters. The number of hydrogen-bond acceptors (Lipinski definition) is 4. The van der Waals surface area contributed by atoms with Crippen LogP contribution in [0.15, 0.2) is 0 Å². The lowest BCUT2D eigenvalue weighted by Gasteiger charge is -2.19. The zero-order valence-electron chi connectivity index (χ0n) is 11.6. The summed E-state index contributed by atoms with van der Waals surface area (Å²) in [5, 5.41) is 11.1. The van der Waals surface area contributed by atoms with Crippen LogP contribution in [-0.2, 0) is 19.6 Å². The van der Waals surface area contributed by atoms with Crippen LogP contribution in [0.2, 0.25) is 0 Å². The number of rotatable bonds is 8. The molecule has 0 bridgehead atoms. The van der Waals surface area contributed by atoms with Crippen LogP contribution in [0.3, 0.4) is 0 Å². The molecule has 0 fully saturated rings. The number of sulfonamides is 1. The van der Waals surface area contributed by atoms with Gasteiger partial charge >= 0.3 is 5.97 Å². The van der Waals surface area contributed by atoms with E-state index in [0.29, 0.717) is 6.42 Å². The zero-order chi connectivity index (χ0) is 15.2. The van der Waals surface area contributed by atoms with Gasteiger partial charge in [0.05, 0.1) is 12.2 Å². The summed E-state index contributed by atoms with van der Waals surface area (Å²) in [5.74, 6) is -2.12. The van der Waals surface area contributed by atoms with E-state index in [9.17, 15) is 18.0 Å². The highest BCUT2D eigenvalue weighted by molar-refractivity contribution is 7.88. The van der Waals surface area contributed by atoms with Crippen molar-refractivity contribution in [3.8, 4) is 0 Å². The predicted octanol–water partition coefficient (Wildman–Crippen LogP) is -0.213. The molecule has 0 saturated carbocycles. The topological polar surface area (TPSA) is 113 Å². The Balaban J connectivity index is 4.59. The summed E-state index contributed by atoms with van der Waals surface area (Å²) >= 11 is 0. The van der Waals surface area contributed by atoms with E-state index >= 15 is 0 Å². The fourth-order valence-corrected chi connectivity index (χ4v) is 2.12. The van der Waals surface area contributed by atoms with E-state index in [-0.39, 0.29) is 12.5 Å². The van der Waals surface area contributed by atoms with Crippen LogP contribution in [0.4, 0.5) is 0 Å². The molecule has 0 heterocycles. The van der Waals surface area contributed by atoms with Crippen molar-refractivity contribution in [3.63, 3.8) is 0 Å². The third kappa shape index (κ3) is 8.55. The quantitative estimate of drug-likeness (QED) is 0.573. The summed E-state index contributed by atoms with van der Waals surface area (Å²) in [6.07, 6.45) is 1.33. The standard InChI is InChI=1S/C11H22N2O5S/c1-7(2)5-9(13-19(4,17)18)10(14)12-6-8(3)11(15)16/h7-9,13H,5-6H2,1-4H3,(H,12,14)(H,15,16). The molecule has 0 saturated heterocycles. The second-order valence-electron chi connectivity index (χ2n) is 5.06. The first-order valence-corrected chi connectivity index (χ1v) is 7.90. The molecule has 0 radical (unpaired) electrons. The van der Waals surface area contributed by atoms with Crippen LogP contribution in [-0.4, -0.2) is 44.2 Å². The predicted molar refractivity (Wildman–Crippen MR) is 71.0 cm³/mol. The number of hydrogen-bond donors (Lipinski definition) is 3. The van der Waals surface area contributed by atoms with Gasteiger partial charge in [-0.1, -0.05) is 20.8 Å². The molecule has 0 aliphatic heterocycles. The number of nitrogens with one attached hydrogen (secondary N) is 2. The van der Waals surface area contributed by atoms with Crippen LogP contribution in [0, 0.1) is 11.8 Å². The van der Waals surface area contributed by atoms with E-state index in [0.717, 1.165) is 6.26 Å². The summed E-state index contributed by atoms with van der Waals surface area (Å²) in [5.41, 5.74) is 0. The SMILES string of the molecule is CC(C)CC(NS(C)(=O)=O)C(=O)NCC(C)C(=O)O. The van der Waals surface area contributed by atoms with Crippen molar-refractivity contribution in [1.29, 1.82) is 0 Å². The van der Waals surface area contributed by atoms with Crippen LogP contribution in [0.25, 0.3) is 0 Å². The van der Waals surface area contributed by atoms with Gasteiger partial charge in [0.25, 0.3) is 0 Å². The van der Waals surface area contributed by atoms with Crippen LogP contribution in [0.5, 0.6) is 0 Å². The van der Waals surface area contributed by atoms with Crippen LogP contribution in [0.1, 0.15) is 27.2 Å². The molecule has 7 nitrogen and oxygen atoms in total. The van der Waals surface area contributed by atoms with Gasteiger partial charge in [-0.05, 0) is 12.3 Å². The molecular formula is C11H22N2O5S. The smallest absolute Gasteiger partial charge is 0.308 e. The molecule has 1 amide bonds. The molecular weight excluding hydrogens is 272 g/mol. The Morgan fingerprint density at radius 3 is 2.11 bits per heavy atom. The maximum atomic E-state index is 11.9. The minimum absolute atomic E-state index is 0.0335. The summed E-state index contributed by atoms with van der Waals surface area (Å²) < 4.78 is 24.6. The van der Waals surface area contributed by atoms with Gasteiger partial charge < -0.3 is 10.4 Å². The van der Waals surface area contributed by atoms with Crippen molar-refractivity contribution < 1.29 is 23.1 Å². The van der Waals surface area contributed by atoms with Crippen LogP contribution < -0.4 is 10.0 Å². The normalized spacial score (nSPS) is 15.0. The first-order chi connectivity index (χ1) is 8.53. The number of amides is 1. The first-order valence-electron chi connectivity index (χ1n) is 6.00. The van der Waals surface area contributed by atoms with Crippen molar-refractivity contribution >= 4 is 21.9 Å². The third-order valence-electron chi connectivity index (χ3n) is 2.38. The van der Waals surface area contributed by atoms with Gasteiger partial charge in [0.2, 0.25) is 15.9 Å². The Morgan fingerprint density at radius 2 is 1.74 bits per heavy atom. The molecule has 0 spiro atoms. The number of carboxylic acids is 1. The molecule has 0 aromatic carbocycles. The molecule has 112 valence electrons. The molecule has 2 atom stereocenters. The van der Waals surface area contributed by atoms with Crippen molar-refractivity contribution in [2.24, 2.45) is 11.8 Å². The van der Waals surface area contributed by atoms with E-state index < -0.39 is 33.9 Å². The molecule has 0 aromatic heterocycles. The van der Waals surface area contributed by atoms with Gasteiger partial charge in [-0.15, -0.1) is 0 Å². The van der Waals surface area contributed by atoms with Gasteiger partial charge in [0.1, 0.15) is 6.04 Å². The average Bonchev–Trinajstić information content (AvgIpc) is 2.21. The van der Waals surface area contributed by atoms with E-state index in [2.05, 4.69) is 10.0 Å². The Labute approximate surface area is 113 Å². The second kappa shape index (κ2) is 7.44. The van der Waals surface area contributed by atoms with E-state index in [1.165, 1.54) is 6.92 Å². The Morgan fingerprint density at radius 1 is 1.21 bits per heavy atom. The Hall–Kier alpha value is -1.15. The fourth-order valence-electron chi connectivity index (χ4n) is 1.40. The molecule has 19 heavy (non-hydrogen) atoms. The molecule has 0 rings (SSSR count). The number of carbonyl (C=O) groups excluding carboxylic acids is 1. The van der Waals surface area contributed by atoms with Gasteiger partial charge in [-0.25, -0.2) is 13.1 Å². The van der Waals surface area contributed by atoms with Crippen molar-refractivity contribution in [2.75, 3.05) is 12.8 Å². The van der Waals surface area contributed by atoms with E-state index in [4.69, 9.17) is 5.11 Å². The third-order valence-corrected chi connectivity index (χ3v) is 3.10. The molecule has 8 heteroatoms. The Bertz CT molecular complexity index is 419. The lowest BCUT2D eigenvalue weighted by Crippen LogP contribution is -2.48. The van der Waals surface area contributed by atoms with Gasteiger partial charge in [0.15, 0.2) is 0 Å². The maximum absolute atomic E-state index is 11.9. The van der Waals surface area contributed by atoms with Crippen molar-refractivity contribution in [3.05, 3.63) is 0 Å². The minimum Gasteiger partial charge on any atom is -0.481 e. The van der Waals surface area contributed by atoms with E-state index in [1.54, 1.807) is 0 Å². The second-order valence-corrected chi connectivity index (χ2v) is 6.84. The lowest BCUT2D eigenvalue weighted by molar-refractivity contribution is -0.141. The first kappa shape index (κ1) is 17.8. The zero-order valence-corrected chi connectivity index (χ0v) is 12.5. The molecule has 0 aliphatic rings. The Kier molecular flexibility index (Phi) is 6.99. The maximum Gasteiger partial charge on any atom is 0.308 e. The highest BCUT2D eigenvalue weighted by atomic mass is 32.2. The van der Waals surface area contributed by atoms with Gasteiger partial charge in [-0.2, -0.15) is 0 Å². The van der Waals surface area contributed by atoms with Gasteiger partial charge in [-0.3, -0.25) is 9.59 Å². The average molecular weight is 294 g/mol. The largest absolute Gasteiger partial charge is 0.481 e. The summed E-state index contributed by atoms with van der Waals surface area (Å²) in [6.45, 7) is 5.16.